The molecule has 1 aromatic heterocycles. The van der Waals surface area contributed by atoms with Gasteiger partial charge in [-0.1, -0.05) is 48.5 Å². The van der Waals surface area contributed by atoms with Gasteiger partial charge >= 0.3 is 0 Å². The topological polar surface area (TPSA) is 37.9 Å². The van der Waals surface area contributed by atoms with Crippen LogP contribution in [0.1, 0.15) is 24.6 Å². The van der Waals surface area contributed by atoms with Crippen LogP contribution in [0.4, 0.5) is 0 Å². The third-order valence-corrected chi connectivity index (χ3v) is 5.32. The molecule has 0 bridgehead atoms. The van der Waals surface area contributed by atoms with Gasteiger partial charge in [-0.25, -0.2) is 0 Å². The highest BCUT2D eigenvalue weighted by Gasteiger charge is 2.35. The van der Waals surface area contributed by atoms with E-state index in [1.807, 2.05) is 12.1 Å². The normalized spacial score (nSPS) is 14.7. The highest BCUT2D eigenvalue weighted by Crippen LogP contribution is 2.36. The van der Waals surface area contributed by atoms with E-state index in [4.69, 9.17) is 4.43 Å². The fourth-order valence-corrected chi connectivity index (χ4v) is 4.85. The van der Waals surface area contributed by atoms with Crippen molar-refractivity contribution < 1.29 is 4.43 Å². The third kappa shape index (κ3) is 3.76. The van der Waals surface area contributed by atoms with Crippen LogP contribution in [0.2, 0.25) is 19.6 Å². The Morgan fingerprint density at radius 2 is 1.67 bits per heavy atom. The largest absolute Gasteiger partial charge is 0.407 e. The number of hydrogen-bond donors (Lipinski definition) is 1. The van der Waals surface area contributed by atoms with Crippen molar-refractivity contribution in [2.75, 3.05) is 0 Å². The fraction of sp³-hybridized carbons (Fsp3) is 0.350. The Morgan fingerprint density at radius 1 is 1.00 bits per heavy atom. The first-order valence-electron chi connectivity index (χ1n) is 8.55. The number of aromatic nitrogens is 2. The van der Waals surface area contributed by atoms with Gasteiger partial charge < -0.3 is 4.43 Å². The highest BCUT2D eigenvalue weighted by atomic mass is 28.4. The van der Waals surface area contributed by atoms with E-state index in [9.17, 15) is 0 Å². The van der Waals surface area contributed by atoms with E-state index >= 15 is 0 Å². The lowest BCUT2D eigenvalue weighted by Gasteiger charge is -2.36. The second kappa shape index (κ2) is 6.53. The Kier molecular flexibility index (Phi) is 4.61. The minimum atomic E-state index is -1.72. The van der Waals surface area contributed by atoms with Gasteiger partial charge in [0.1, 0.15) is 0 Å². The van der Waals surface area contributed by atoms with Gasteiger partial charge in [-0.2, -0.15) is 5.10 Å². The number of nitrogens with zero attached hydrogens (tertiary/aromatic N) is 1. The number of H-pyrrole nitrogens is 1. The lowest BCUT2D eigenvalue weighted by atomic mass is 9.92. The minimum Gasteiger partial charge on any atom is -0.407 e. The number of benzene rings is 2. The van der Waals surface area contributed by atoms with Gasteiger partial charge in [0.25, 0.3) is 0 Å². The van der Waals surface area contributed by atoms with Crippen molar-refractivity contribution in [2.45, 2.75) is 45.0 Å². The molecule has 1 unspecified atom stereocenters. The molecule has 1 atom stereocenters. The molecule has 24 heavy (non-hydrogen) atoms. The number of hydrogen-bond acceptors (Lipinski definition) is 2. The van der Waals surface area contributed by atoms with E-state index in [1.54, 1.807) is 0 Å². The molecule has 0 aliphatic carbocycles. The summed E-state index contributed by atoms with van der Waals surface area (Å²) < 4.78 is 6.67. The second-order valence-corrected chi connectivity index (χ2v) is 12.0. The van der Waals surface area contributed by atoms with Crippen LogP contribution in [0.3, 0.4) is 0 Å². The molecular formula is C20H26N2OSi. The van der Waals surface area contributed by atoms with Gasteiger partial charge in [0.15, 0.2) is 8.32 Å². The molecule has 3 rings (SSSR count). The van der Waals surface area contributed by atoms with E-state index in [0.717, 1.165) is 29.4 Å². The van der Waals surface area contributed by atoms with Gasteiger partial charge in [0.2, 0.25) is 0 Å². The number of nitrogens with one attached hydrogen (secondary N) is 1. The van der Waals surface area contributed by atoms with Gasteiger partial charge in [-0.05, 0) is 51.0 Å². The smallest absolute Gasteiger partial charge is 0.185 e. The SMILES string of the molecule is CC(CCc1ccccc1)(O[Si](C)(C)C)c1[nH]nc2ccccc12. The second-order valence-electron chi connectivity index (χ2n) is 7.55. The van der Waals surface area contributed by atoms with Crippen molar-refractivity contribution in [3.05, 3.63) is 65.9 Å². The third-order valence-electron chi connectivity index (χ3n) is 4.26. The maximum absolute atomic E-state index is 6.67. The van der Waals surface area contributed by atoms with E-state index in [1.165, 1.54) is 5.56 Å². The molecule has 4 heteroatoms. The summed E-state index contributed by atoms with van der Waals surface area (Å²) >= 11 is 0. The first kappa shape index (κ1) is 16.9. The number of fused-ring (bicyclic) bond motifs is 1. The summed E-state index contributed by atoms with van der Waals surface area (Å²) in [6.45, 7) is 8.93. The lowest BCUT2D eigenvalue weighted by Crippen LogP contribution is -2.39. The highest BCUT2D eigenvalue weighted by molar-refractivity contribution is 6.69. The Labute approximate surface area is 145 Å². The molecule has 0 saturated heterocycles. The predicted molar refractivity (Wildman–Crippen MR) is 103 cm³/mol. The van der Waals surface area contributed by atoms with E-state index in [-0.39, 0.29) is 5.60 Å². The molecule has 0 fully saturated rings. The quantitative estimate of drug-likeness (QED) is 0.622. The van der Waals surface area contributed by atoms with Crippen molar-refractivity contribution in [1.29, 1.82) is 0 Å². The fourth-order valence-electron chi connectivity index (χ4n) is 3.29. The van der Waals surface area contributed by atoms with E-state index in [2.05, 4.69) is 79.2 Å². The average molecular weight is 339 g/mol. The molecule has 0 spiro atoms. The summed E-state index contributed by atoms with van der Waals surface area (Å²) in [5, 5.41) is 8.90. The number of rotatable bonds is 6. The zero-order chi connectivity index (χ0) is 17.2. The Bertz CT molecular complexity index is 807. The molecule has 0 saturated carbocycles. The van der Waals surface area contributed by atoms with Gasteiger partial charge in [0, 0.05) is 5.39 Å². The maximum Gasteiger partial charge on any atom is 0.185 e. The zero-order valence-electron chi connectivity index (χ0n) is 15.0. The van der Waals surface area contributed by atoms with Crippen LogP contribution >= 0.6 is 0 Å². The lowest BCUT2D eigenvalue weighted by molar-refractivity contribution is 0.0656. The Hall–Kier alpha value is -1.91. The summed E-state index contributed by atoms with van der Waals surface area (Å²) in [5.74, 6) is 0. The van der Waals surface area contributed by atoms with E-state index < -0.39 is 8.32 Å². The first-order valence-corrected chi connectivity index (χ1v) is 12.0. The van der Waals surface area contributed by atoms with Gasteiger partial charge in [0.05, 0.1) is 16.8 Å². The van der Waals surface area contributed by atoms with Crippen molar-refractivity contribution >= 4 is 19.2 Å². The van der Waals surface area contributed by atoms with E-state index in [0.29, 0.717) is 0 Å². The van der Waals surface area contributed by atoms with Crippen LogP contribution in [-0.2, 0) is 16.4 Å². The summed E-state index contributed by atoms with van der Waals surface area (Å²) in [7, 11) is -1.72. The summed E-state index contributed by atoms with van der Waals surface area (Å²) in [4.78, 5) is 0. The molecule has 0 aliphatic rings. The van der Waals surface area contributed by atoms with Crippen LogP contribution in [0, 0.1) is 0 Å². The standard InChI is InChI=1S/C20H26N2OSi/c1-20(23-24(2,3)4,15-14-16-10-6-5-7-11-16)19-17-12-8-9-13-18(17)21-22-19/h5-13H,14-15H2,1-4H3,(H,21,22). The number of aromatic amines is 1. The molecule has 2 aromatic carbocycles. The molecule has 3 aromatic rings. The number of para-hydroxylation sites is 1. The predicted octanol–water partition coefficient (Wildman–Crippen LogP) is 5.26. The van der Waals surface area contributed by atoms with Crippen LogP contribution < -0.4 is 0 Å². The molecule has 0 radical (unpaired) electrons. The molecule has 1 N–H and O–H groups in total. The van der Waals surface area contributed by atoms with Gasteiger partial charge in [-0.15, -0.1) is 0 Å². The molecule has 1 heterocycles. The van der Waals surface area contributed by atoms with Crippen LogP contribution in [-0.4, -0.2) is 18.5 Å². The van der Waals surface area contributed by atoms with Crippen molar-refractivity contribution in [3.63, 3.8) is 0 Å². The van der Waals surface area contributed by atoms with Crippen molar-refractivity contribution in [1.82, 2.24) is 10.2 Å². The monoisotopic (exact) mass is 338 g/mol. The van der Waals surface area contributed by atoms with Crippen molar-refractivity contribution in [3.8, 4) is 0 Å². The summed E-state index contributed by atoms with van der Waals surface area (Å²) in [6.07, 6.45) is 1.91. The summed E-state index contributed by atoms with van der Waals surface area (Å²) in [5.41, 5.74) is 3.07. The van der Waals surface area contributed by atoms with Crippen LogP contribution in [0.15, 0.2) is 54.6 Å². The molecule has 3 nitrogen and oxygen atoms in total. The molecule has 126 valence electrons. The zero-order valence-corrected chi connectivity index (χ0v) is 16.0. The molecular weight excluding hydrogens is 312 g/mol. The first-order chi connectivity index (χ1) is 11.4. The molecule has 0 aliphatic heterocycles. The maximum atomic E-state index is 6.67. The average Bonchev–Trinajstić information content (AvgIpc) is 2.97. The number of aryl methyl sites for hydroxylation is 1. The van der Waals surface area contributed by atoms with Crippen molar-refractivity contribution in [2.24, 2.45) is 0 Å². The molecule has 0 amide bonds. The van der Waals surface area contributed by atoms with Crippen LogP contribution in [0.25, 0.3) is 10.9 Å². The van der Waals surface area contributed by atoms with Gasteiger partial charge in [-0.3, -0.25) is 5.10 Å². The summed E-state index contributed by atoms with van der Waals surface area (Å²) in [6, 6.07) is 18.9. The Balaban J connectivity index is 1.96. The van der Waals surface area contributed by atoms with Crippen LogP contribution in [0.5, 0.6) is 0 Å². The minimum absolute atomic E-state index is 0.365. The Morgan fingerprint density at radius 3 is 2.38 bits per heavy atom.